The maximum atomic E-state index is 12.6. The van der Waals surface area contributed by atoms with Gasteiger partial charge in [-0.15, -0.1) is 0 Å². The average molecular weight is 382 g/mol. The zero-order chi connectivity index (χ0) is 20.0. The predicted molar refractivity (Wildman–Crippen MR) is 106 cm³/mol. The van der Waals surface area contributed by atoms with Gasteiger partial charge in [-0.05, 0) is 60.6 Å². The highest BCUT2D eigenvalue weighted by molar-refractivity contribution is 6.74. The molecule has 0 saturated heterocycles. The molecule has 0 amide bonds. The molecular weight excluding hydrogens is 344 g/mol. The highest BCUT2D eigenvalue weighted by atomic mass is 28.4. The fourth-order valence-electron chi connectivity index (χ4n) is 4.82. The second-order valence-corrected chi connectivity index (χ2v) is 15.1. The van der Waals surface area contributed by atoms with Crippen LogP contribution >= 0.6 is 0 Å². The van der Waals surface area contributed by atoms with Crippen molar-refractivity contribution in [1.29, 1.82) is 0 Å². The summed E-state index contributed by atoms with van der Waals surface area (Å²) >= 11 is 0. The van der Waals surface area contributed by atoms with Crippen molar-refractivity contribution in [3.05, 3.63) is 6.42 Å². The van der Waals surface area contributed by atoms with Crippen LogP contribution in [-0.2, 0) is 18.8 Å². The second-order valence-electron chi connectivity index (χ2n) is 10.3. The van der Waals surface area contributed by atoms with Crippen LogP contribution in [0.4, 0.5) is 0 Å². The third-order valence-corrected chi connectivity index (χ3v) is 12.0. The molecule has 5 heteroatoms. The van der Waals surface area contributed by atoms with Crippen molar-refractivity contribution < 1.29 is 18.8 Å². The van der Waals surface area contributed by atoms with Gasteiger partial charge in [-0.3, -0.25) is 9.59 Å². The van der Waals surface area contributed by atoms with Crippen LogP contribution in [0.15, 0.2) is 0 Å². The minimum absolute atomic E-state index is 0.0464. The Bertz CT molecular complexity index is 557. The molecule has 2 saturated carbocycles. The first-order valence-electron chi connectivity index (χ1n) is 9.87. The third-order valence-electron chi connectivity index (χ3n) is 7.53. The van der Waals surface area contributed by atoms with E-state index in [2.05, 4.69) is 54.1 Å². The van der Waals surface area contributed by atoms with Crippen LogP contribution in [0.1, 0.15) is 60.3 Å². The van der Waals surface area contributed by atoms with E-state index in [0.717, 1.165) is 19.3 Å². The molecule has 2 fully saturated rings. The average Bonchev–Trinajstić information content (AvgIpc) is 2.51. The van der Waals surface area contributed by atoms with Crippen LogP contribution in [0.5, 0.6) is 0 Å². The fraction of sp³-hybridized carbons (Fsp3) is 0.857. The summed E-state index contributed by atoms with van der Waals surface area (Å²) in [4.78, 5) is 25.0. The summed E-state index contributed by atoms with van der Waals surface area (Å²) in [5.41, 5.74) is -0.460. The first-order valence-corrected chi connectivity index (χ1v) is 12.8. The smallest absolute Gasteiger partial charge is 0.316 e. The van der Waals surface area contributed by atoms with Gasteiger partial charge in [0.1, 0.15) is 11.7 Å². The Morgan fingerprint density at radius 3 is 2.46 bits per heavy atom. The number of Topliss-reactive ketones (excluding diaryl/α,β-unsaturated/α-hetero) is 1. The Kier molecular flexibility index (Phi) is 5.86. The maximum absolute atomic E-state index is 12.6. The van der Waals surface area contributed by atoms with Crippen LogP contribution < -0.4 is 0 Å². The van der Waals surface area contributed by atoms with E-state index in [1.54, 1.807) is 0 Å². The largest absolute Gasteiger partial charge is 0.468 e. The summed E-state index contributed by atoms with van der Waals surface area (Å²) in [6.45, 7) is 16.4. The number of rotatable bonds is 4. The first-order chi connectivity index (χ1) is 11.8. The van der Waals surface area contributed by atoms with E-state index in [1.165, 1.54) is 7.11 Å². The molecule has 4 nitrogen and oxygen atoms in total. The van der Waals surface area contributed by atoms with Gasteiger partial charge in [-0.1, -0.05) is 34.6 Å². The number of fused-ring (bicyclic) bond motifs is 1. The normalized spacial score (nSPS) is 35.8. The topological polar surface area (TPSA) is 52.6 Å². The van der Waals surface area contributed by atoms with Gasteiger partial charge in [-0.2, -0.15) is 0 Å². The van der Waals surface area contributed by atoms with E-state index in [-0.39, 0.29) is 33.5 Å². The van der Waals surface area contributed by atoms with Crippen molar-refractivity contribution in [3.8, 4) is 0 Å². The lowest BCUT2D eigenvalue weighted by molar-refractivity contribution is -0.166. The number of carbonyl (C=O) groups excluding carboxylic acids is 2. The van der Waals surface area contributed by atoms with Gasteiger partial charge in [0.05, 0.1) is 7.11 Å². The monoisotopic (exact) mass is 381 g/mol. The van der Waals surface area contributed by atoms with E-state index >= 15 is 0 Å². The predicted octanol–water partition coefficient (Wildman–Crippen LogP) is 4.79. The maximum Gasteiger partial charge on any atom is 0.316 e. The molecule has 0 aromatic heterocycles. The van der Waals surface area contributed by atoms with Gasteiger partial charge in [0.2, 0.25) is 0 Å². The third kappa shape index (κ3) is 3.66. The van der Waals surface area contributed by atoms with Gasteiger partial charge >= 0.3 is 5.97 Å². The van der Waals surface area contributed by atoms with Crippen LogP contribution in [0, 0.1) is 29.1 Å². The summed E-state index contributed by atoms with van der Waals surface area (Å²) in [5, 5.41) is 0.165. The van der Waals surface area contributed by atoms with Crippen molar-refractivity contribution in [2.45, 2.75) is 78.4 Å². The Hall–Kier alpha value is -0.683. The summed E-state index contributed by atoms with van der Waals surface area (Å²) in [6, 6.07) is 0. The van der Waals surface area contributed by atoms with Crippen molar-refractivity contribution in [1.82, 2.24) is 0 Å². The molecule has 0 heterocycles. The summed E-state index contributed by atoms with van der Waals surface area (Å²) in [6.07, 6.45) is 5.45. The van der Waals surface area contributed by atoms with Gasteiger partial charge < -0.3 is 9.16 Å². The highest BCUT2D eigenvalue weighted by Crippen LogP contribution is 2.59. The SMILES string of the molecule is COC(=O)[C@H]1C(=O)CCC2[C@](C)(CO[Si](C)(C)C(C)(C)C)[CH]CC[C@@]21C. The number of hydrogen-bond donors (Lipinski definition) is 0. The van der Waals surface area contributed by atoms with E-state index < -0.39 is 14.2 Å². The molecule has 0 spiro atoms. The van der Waals surface area contributed by atoms with E-state index in [9.17, 15) is 9.59 Å². The van der Waals surface area contributed by atoms with Crippen LogP contribution in [0.25, 0.3) is 0 Å². The Morgan fingerprint density at radius 2 is 1.92 bits per heavy atom. The zero-order valence-electron chi connectivity index (χ0n) is 17.9. The zero-order valence-corrected chi connectivity index (χ0v) is 18.9. The Labute approximate surface area is 160 Å². The van der Waals surface area contributed by atoms with Crippen LogP contribution in [0.3, 0.4) is 0 Å². The molecule has 1 unspecified atom stereocenters. The van der Waals surface area contributed by atoms with Gasteiger partial charge in [-0.25, -0.2) is 0 Å². The quantitative estimate of drug-likeness (QED) is 0.399. The van der Waals surface area contributed by atoms with Crippen molar-refractivity contribution >= 4 is 20.1 Å². The van der Waals surface area contributed by atoms with Crippen molar-refractivity contribution in [3.63, 3.8) is 0 Å². The summed E-state index contributed by atoms with van der Waals surface area (Å²) in [5.74, 6) is -0.690. The highest BCUT2D eigenvalue weighted by Gasteiger charge is 2.59. The molecule has 2 aliphatic rings. The lowest BCUT2D eigenvalue weighted by Gasteiger charge is -2.57. The molecule has 149 valence electrons. The van der Waals surface area contributed by atoms with Crippen molar-refractivity contribution in [2.75, 3.05) is 13.7 Å². The van der Waals surface area contributed by atoms with Crippen LogP contribution in [0.2, 0.25) is 18.1 Å². The number of ketones is 1. The molecular formula is C21H37O4Si. The second kappa shape index (κ2) is 7.05. The number of ether oxygens (including phenoxy) is 1. The van der Waals surface area contributed by atoms with E-state index in [4.69, 9.17) is 9.16 Å². The fourth-order valence-corrected chi connectivity index (χ4v) is 5.92. The van der Waals surface area contributed by atoms with E-state index in [1.807, 2.05) is 0 Å². The molecule has 0 aliphatic heterocycles. The first kappa shape index (κ1) is 21.6. The Morgan fingerprint density at radius 1 is 1.31 bits per heavy atom. The lowest BCUT2D eigenvalue weighted by Crippen LogP contribution is -2.57. The molecule has 0 aromatic carbocycles. The van der Waals surface area contributed by atoms with Gasteiger partial charge in [0.15, 0.2) is 8.32 Å². The molecule has 2 rings (SSSR count). The van der Waals surface area contributed by atoms with Crippen LogP contribution in [-0.4, -0.2) is 33.8 Å². The molecule has 4 atom stereocenters. The summed E-state index contributed by atoms with van der Waals surface area (Å²) in [7, 11) is -0.468. The molecule has 26 heavy (non-hydrogen) atoms. The molecule has 0 N–H and O–H groups in total. The van der Waals surface area contributed by atoms with Gasteiger partial charge in [0.25, 0.3) is 0 Å². The molecule has 0 bridgehead atoms. The Balaban J connectivity index is 2.29. The molecule has 1 radical (unpaired) electrons. The molecule has 0 aromatic rings. The number of methoxy groups -OCH3 is 1. The standard InChI is InChI=1S/C21H37O4Si/c1-19(2,3)26(7,8)25-14-20(4)12-9-13-21(5)16(20)11-10-15(22)17(21)18(23)24-6/h12,16-17H,9-11,13-14H2,1-8H3/t16?,17-,20+,21+/m1/s1. The minimum Gasteiger partial charge on any atom is -0.468 e. The lowest BCUT2D eigenvalue weighted by atomic mass is 9.48. The number of esters is 1. The molecule has 2 aliphatic carbocycles. The summed E-state index contributed by atoms with van der Waals surface area (Å²) < 4.78 is 11.6. The minimum atomic E-state index is -1.85. The number of hydrogen-bond acceptors (Lipinski definition) is 4. The number of carbonyl (C=O) groups is 2. The van der Waals surface area contributed by atoms with Gasteiger partial charge in [0, 0.05) is 13.0 Å². The van der Waals surface area contributed by atoms with Crippen molar-refractivity contribution in [2.24, 2.45) is 22.7 Å². The van der Waals surface area contributed by atoms with E-state index in [0.29, 0.717) is 13.0 Å².